The van der Waals surface area contributed by atoms with Gasteiger partial charge >= 0.3 is 6.09 Å². The van der Waals surface area contributed by atoms with Crippen LogP contribution in [0.1, 0.15) is 39.7 Å². The van der Waals surface area contributed by atoms with Crippen LogP contribution in [0.5, 0.6) is 0 Å². The number of nitrogens with zero attached hydrogens (tertiary/aromatic N) is 1. The molecule has 0 saturated heterocycles. The molecule has 0 aromatic heterocycles. The molecule has 0 fully saturated rings. The van der Waals surface area contributed by atoms with Crippen molar-refractivity contribution in [3.8, 4) is 0 Å². The molecule has 1 amide bonds. The van der Waals surface area contributed by atoms with Gasteiger partial charge in [-0.1, -0.05) is 37.3 Å². The second kappa shape index (κ2) is 7.29. The maximum atomic E-state index is 12.3. The first-order valence-corrected chi connectivity index (χ1v) is 7.01. The summed E-state index contributed by atoms with van der Waals surface area (Å²) >= 11 is 0. The quantitative estimate of drug-likeness (QED) is 0.900. The Hall–Kier alpha value is -1.55. The lowest BCUT2D eigenvalue weighted by Crippen LogP contribution is -2.44. The number of aliphatic hydroxyl groups is 1. The van der Waals surface area contributed by atoms with E-state index in [2.05, 4.69) is 0 Å². The van der Waals surface area contributed by atoms with Gasteiger partial charge < -0.3 is 9.84 Å². The van der Waals surface area contributed by atoms with E-state index in [1.807, 2.05) is 58.0 Å². The summed E-state index contributed by atoms with van der Waals surface area (Å²) < 4.78 is 5.43. The van der Waals surface area contributed by atoms with E-state index in [1.54, 1.807) is 4.90 Å². The van der Waals surface area contributed by atoms with E-state index in [0.717, 1.165) is 5.56 Å². The van der Waals surface area contributed by atoms with E-state index in [4.69, 9.17) is 4.74 Å². The van der Waals surface area contributed by atoms with E-state index in [-0.39, 0.29) is 18.7 Å². The molecule has 1 rings (SSSR count). The number of rotatable bonds is 5. The topological polar surface area (TPSA) is 49.8 Å². The van der Waals surface area contributed by atoms with Gasteiger partial charge in [-0.05, 0) is 32.8 Å². The van der Waals surface area contributed by atoms with Gasteiger partial charge in [0.25, 0.3) is 0 Å². The molecule has 0 aliphatic carbocycles. The number of carbonyl (C=O) groups is 1. The standard InChI is InChI=1S/C16H25NO3/c1-5-14(12-18)17(15(19)20-16(2,3)4)11-13-9-7-6-8-10-13/h6-10,14,18H,5,11-12H2,1-4H3/t14-/m1/s1. The zero-order valence-electron chi connectivity index (χ0n) is 12.8. The van der Waals surface area contributed by atoms with Crippen molar-refractivity contribution in [2.45, 2.75) is 52.3 Å². The van der Waals surface area contributed by atoms with Crippen molar-refractivity contribution in [3.63, 3.8) is 0 Å². The molecule has 0 bridgehead atoms. The highest BCUT2D eigenvalue weighted by molar-refractivity contribution is 5.68. The second-order valence-corrected chi connectivity index (χ2v) is 5.84. The zero-order chi connectivity index (χ0) is 15.2. The van der Waals surface area contributed by atoms with Gasteiger partial charge in [-0.3, -0.25) is 4.90 Å². The average Bonchev–Trinajstić information content (AvgIpc) is 2.38. The third kappa shape index (κ3) is 5.21. The Morgan fingerprint density at radius 1 is 1.30 bits per heavy atom. The van der Waals surface area contributed by atoms with E-state index in [0.29, 0.717) is 13.0 Å². The maximum absolute atomic E-state index is 12.3. The van der Waals surface area contributed by atoms with Crippen molar-refractivity contribution >= 4 is 6.09 Å². The minimum Gasteiger partial charge on any atom is -0.444 e. The predicted octanol–water partition coefficient (Wildman–Crippen LogP) is 3.19. The smallest absolute Gasteiger partial charge is 0.410 e. The predicted molar refractivity (Wildman–Crippen MR) is 79.4 cm³/mol. The molecule has 0 heterocycles. The summed E-state index contributed by atoms with van der Waals surface area (Å²) in [5.74, 6) is 0. The Kier molecular flexibility index (Phi) is 6.02. The second-order valence-electron chi connectivity index (χ2n) is 5.84. The molecule has 0 saturated carbocycles. The molecule has 4 heteroatoms. The molecule has 0 spiro atoms. The van der Waals surface area contributed by atoms with Gasteiger partial charge in [0.05, 0.1) is 12.6 Å². The lowest BCUT2D eigenvalue weighted by Gasteiger charge is -2.32. The minimum atomic E-state index is -0.542. The van der Waals surface area contributed by atoms with E-state index < -0.39 is 5.60 Å². The summed E-state index contributed by atoms with van der Waals surface area (Å²) in [6.07, 6.45) is 0.296. The molecule has 1 aromatic carbocycles. The molecule has 0 aliphatic rings. The largest absolute Gasteiger partial charge is 0.444 e. The first kappa shape index (κ1) is 16.5. The van der Waals surface area contributed by atoms with E-state index in [1.165, 1.54) is 0 Å². The average molecular weight is 279 g/mol. The Labute approximate surface area is 121 Å². The molecule has 0 radical (unpaired) electrons. The van der Waals surface area contributed by atoms with Crippen molar-refractivity contribution in [1.29, 1.82) is 0 Å². The van der Waals surface area contributed by atoms with Gasteiger partial charge in [0.2, 0.25) is 0 Å². The Balaban J connectivity index is 2.88. The van der Waals surface area contributed by atoms with Gasteiger partial charge in [-0.25, -0.2) is 4.79 Å². The summed E-state index contributed by atoms with van der Waals surface area (Å²) in [6, 6.07) is 9.49. The van der Waals surface area contributed by atoms with E-state index in [9.17, 15) is 9.90 Å². The highest BCUT2D eigenvalue weighted by Crippen LogP contribution is 2.16. The lowest BCUT2D eigenvalue weighted by molar-refractivity contribution is 0.00639. The SMILES string of the molecule is CC[C@H](CO)N(Cc1ccccc1)C(=O)OC(C)(C)C. The Morgan fingerprint density at radius 3 is 2.35 bits per heavy atom. The van der Waals surface area contributed by atoms with Gasteiger partial charge in [-0.15, -0.1) is 0 Å². The highest BCUT2D eigenvalue weighted by atomic mass is 16.6. The summed E-state index contributed by atoms with van der Waals surface area (Å²) in [5.41, 5.74) is 0.477. The lowest BCUT2D eigenvalue weighted by atomic mass is 10.1. The number of benzene rings is 1. The van der Waals surface area contributed by atoms with Crippen molar-refractivity contribution < 1.29 is 14.6 Å². The summed E-state index contributed by atoms with van der Waals surface area (Å²) in [5, 5.41) is 9.47. The van der Waals surface area contributed by atoms with Crippen molar-refractivity contribution in [2.24, 2.45) is 0 Å². The maximum Gasteiger partial charge on any atom is 0.410 e. The number of amides is 1. The Bertz CT molecular complexity index is 407. The minimum absolute atomic E-state index is 0.0669. The van der Waals surface area contributed by atoms with Crippen LogP contribution in [0.15, 0.2) is 30.3 Å². The van der Waals surface area contributed by atoms with Crippen molar-refractivity contribution in [1.82, 2.24) is 4.90 Å². The number of aliphatic hydroxyl groups excluding tert-OH is 1. The molecular weight excluding hydrogens is 254 g/mol. The van der Waals surface area contributed by atoms with Crippen LogP contribution in [0.4, 0.5) is 4.79 Å². The number of hydrogen-bond acceptors (Lipinski definition) is 3. The monoisotopic (exact) mass is 279 g/mol. The van der Waals surface area contributed by atoms with Crippen LogP contribution in [0, 0.1) is 0 Å². The summed E-state index contributed by atoms with van der Waals surface area (Å²) in [4.78, 5) is 13.9. The molecule has 4 nitrogen and oxygen atoms in total. The van der Waals surface area contributed by atoms with Crippen LogP contribution in [0.3, 0.4) is 0 Å². The van der Waals surface area contributed by atoms with Crippen LogP contribution in [-0.4, -0.2) is 34.3 Å². The molecule has 0 unspecified atom stereocenters. The van der Waals surface area contributed by atoms with Crippen LogP contribution in [0.2, 0.25) is 0 Å². The fourth-order valence-corrected chi connectivity index (χ4v) is 1.89. The van der Waals surface area contributed by atoms with Gasteiger partial charge in [0.15, 0.2) is 0 Å². The van der Waals surface area contributed by atoms with Gasteiger partial charge in [0, 0.05) is 6.54 Å². The first-order valence-electron chi connectivity index (χ1n) is 7.01. The molecule has 1 atom stereocenters. The third-order valence-corrected chi connectivity index (χ3v) is 2.95. The Morgan fingerprint density at radius 2 is 1.90 bits per heavy atom. The van der Waals surface area contributed by atoms with E-state index >= 15 is 0 Å². The van der Waals surface area contributed by atoms with Crippen molar-refractivity contribution in [2.75, 3.05) is 6.61 Å². The van der Waals surface area contributed by atoms with Crippen LogP contribution in [-0.2, 0) is 11.3 Å². The molecule has 112 valence electrons. The third-order valence-electron chi connectivity index (χ3n) is 2.95. The number of carbonyl (C=O) groups excluding carboxylic acids is 1. The molecular formula is C16H25NO3. The molecule has 1 N–H and O–H groups in total. The van der Waals surface area contributed by atoms with Crippen molar-refractivity contribution in [3.05, 3.63) is 35.9 Å². The van der Waals surface area contributed by atoms with Crippen LogP contribution >= 0.6 is 0 Å². The summed E-state index contributed by atoms with van der Waals surface area (Å²) in [7, 11) is 0. The highest BCUT2D eigenvalue weighted by Gasteiger charge is 2.27. The summed E-state index contributed by atoms with van der Waals surface area (Å²) in [6.45, 7) is 7.84. The molecule has 0 aliphatic heterocycles. The molecule has 1 aromatic rings. The number of ether oxygens (including phenoxy) is 1. The van der Waals surface area contributed by atoms with Crippen LogP contribution in [0.25, 0.3) is 0 Å². The first-order chi connectivity index (χ1) is 9.37. The van der Waals surface area contributed by atoms with Gasteiger partial charge in [0.1, 0.15) is 5.60 Å². The number of hydrogen-bond donors (Lipinski definition) is 1. The normalized spacial score (nSPS) is 12.8. The zero-order valence-corrected chi connectivity index (χ0v) is 12.8. The van der Waals surface area contributed by atoms with Crippen LogP contribution < -0.4 is 0 Å². The fourth-order valence-electron chi connectivity index (χ4n) is 1.89. The molecule has 20 heavy (non-hydrogen) atoms. The fraction of sp³-hybridized carbons (Fsp3) is 0.562. The van der Waals surface area contributed by atoms with Gasteiger partial charge in [-0.2, -0.15) is 0 Å².